The average Bonchev–Trinajstić information content (AvgIpc) is 2.36. The highest BCUT2D eigenvalue weighted by Gasteiger charge is 2.13. The molecule has 2 N–H and O–H groups in total. The van der Waals surface area contributed by atoms with Crippen LogP contribution in [0.2, 0.25) is 0 Å². The lowest BCUT2D eigenvalue weighted by Gasteiger charge is -2.17. The molecular weight excluding hydrogens is 320 g/mol. The van der Waals surface area contributed by atoms with Crippen LogP contribution in [0.5, 0.6) is 5.75 Å². The molecule has 0 bridgehead atoms. The van der Waals surface area contributed by atoms with Gasteiger partial charge in [0.25, 0.3) is 6.43 Å². The van der Waals surface area contributed by atoms with E-state index in [0.717, 1.165) is 10.0 Å². The van der Waals surface area contributed by atoms with Crippen molar-refractivity contribution in [1.29, 1.82) is 0 Å². The smallest absolute Gasteiger partial charge is 0.261 e. The van der Waals surface area contributed by atoms with E-state index < -0.39 is 13.0 Å². The topological polar surface area (TPSA) is 44.5 Å². The van der Waals surface area contributed by atoms with Crippen molar-refractivity contribution in [3.63, 3.8) is 0 Å². The van der Waals surface area contributed by atoms with Crippen LogP contribution in [0.3, 0.4) is 0 Å². The fraction of sp³-hybridized carbons (Fsp3) is 0.538. The molecule has 0 amide bonds. The number of halogens is 3. The maximum atomic E-state index is 11.9. The van der Waals surface area contributed by atoms with E-state index in [9.17, 15) is 8.78 Å². The first kappa shape index (κ1) is 16.3. The van der Waals surface area contributed by atoms with E-state index >= 15 is 0 Å². The Morgan fingerprint density at radius 1 is 1.37 bits per heavy atom. The van der Waals surface area contributed by atoms with Crippen LogP contribution in [0.15, 0.2) is 22.7 Å². The van der Waals surface area contributed by atoms with E-state index in [4.69, 9.17) is 15.2 Å². The SMILES string of the molecule is CCOc1ccc(Br)cc1C(N)CCOCC(F)F. The summed E-state index contributed by atoms with van der Waals surface area (Å²) in [5.74, 6) is 0.715. The van der Waals surface area contributed by atoms with E-state index in [2.05, 4.69) is 15.9 Å². The Hall–Kier alpha value is -0.720. The zero-order chi connectivity index (χ0) is 14.3. The highest BCUT2D eigenvalue weighted by Crippen LogP contribution is 2.29. The highest BCUT2D eigenvalue weighted by molar-refractivity contribution is 9.10. The van der Waals surface area contributed by atoms with Crippen LogP contribution >= 0.6 is 15.9 Å². The van der Waals surface area contributed by atoms with Gasteiger partial charge in [-0.15, -0.1) is 0 Å². The van der Waals surface area contributed by atoms with Crippen molar-refractivity contribution in [2.24, 2.45) is 5.73 Å². The van der Waals surface area contributed by atoms with Crippen LogP contribution in [-0.2, 0) is 4.74 Å². The molecule has 1 aromatic carbocycles. The van der Waals surface area contributed by atoms with Gasteiger partial charge in [0.15, 0.2) is 0 Å². The Balaban J connectivity index is 2.59. The number of nitrogens with two attached hydrogens (primary N) is 1. The molecule has 0 heterocycles. The van der Waals surface area contributed by atoms with Gasteiger partial charge < -0.3 is 15.2 Å². The highest BCUT2D eigenvalue weighted by atomic mass is 79.9. The monoisotopic (exact) mass is 337 g/mol. The zero-order valence-electron chi connectivity index (χ0n) is 10.7. The van der Waals surface area contributed by atoms with E-state index in [-0.39, 0.29) is 12.6 Å². The van der Waals surface area contributed by atoms with Crippen LogP contribution in [0.4, 0.5) is 8.78 Å². The van der Waals surface area contributed by atoms with Crippen molar-refractivity contribution in [3.8, 4) is 5.75 Å². The molecule has 1 rings (SSSR count). The third-order valence-corrected chi connectivity index (χ3v) is 2.98. The number of benzene rings is 1. The molecule has 0 aliphatic heterocycles. The van der Waals surface area contributed by atoms with Gasteiger partial charge in [-0.05, 0) is 31.5 Å². The van der Waals surface area contributed by atoms with Gasteiger partial charge in [-0.2, -0.15) is 0 Å². The van der Waals surface area contributed by atoms with Crippen molar-refractivity contribution in [3.05, 3.63) is 28.2 Å². The summed E-state index contributed by atoms with van der Waals surface area (Å²) in [6, 6.07) is 5.27. The van der Waals surface area contributed by atoms with Crippen LogP contribution in [-0.4, -0.2) is 26.2 Å². The summed E-state index contributed by atoms with van der Waals surface area (Å²) < 4.78 is 35.1. The van der Waals surface area contributed by atoms with Crippen LogP contribution in [0, 0.1) is 0 Å². The van der Waals surface area contributed by atoms with E-state index in [1.54, 1.807) is 0 Å². The lowest BCUT2D eigenvalue weighted by molar-refractivity contribution is 0.0152. The first-order valence-electron chi connectivity index (χ1n) is 6.08. The summed E-state index contributed by atoms with van der Waals surface area (Å²) in [6.07, 6.45) is -1.98. The summed E-state index contributed by atoms with van der Waals surface area (Å²) in [4.78, 5) is 0. The molecule has 0 spiro atoms. The van der Waals surface area contributed by atoms with E-state index in [0.29, 0.717) is 18.8 Å². The summed E-state index contributed by atoms with van der Waals surface area (Å²) in [5.41, 5.74) is 6.89. The largest absolute Gasteiger partial charge is 0.494 e. The Morgan fingerprint density at radius 2 is 2.11 bits per heavy atom. The van der Waals surface area contributed by atoms with Crippen molar-refractivity contribution < 1.29 is 18.3 Å². The predicted octanol–water partition coefficient (Wildman–Crippen LogP) is 3.52. The van der Waals surface area contributed by atoms with E-state index in [1.807, 2.05) is 25.1 Å². The molecule has 1 unspecified atom stereocenters. The normalized spacial score (nSPS) is 12.7. The molecule has 0 saturated heterocycles. The van der Waals surface area contributed by atoms with Gasteiger partial charge in [-0.3, -0.25) is 0 Å². The molecule has 3 nitrogen and oxygen atoms in total. The van der Waals surface area contributed by atoms with Crippen molar-refractivity contribution in [1.82, 2.24) is 0 Å². The second-order valence-electron chi connectivity index (χ2n) is 3.98. The fourth-order valence-electron chi connectivity index (χ4n) is 1.63. The molecule has 1 atom stereocenters. The zero-order valence-corrected chi connectivity index (χ0v) is 12.3. The second kappa shape index (κ2) is 8.45. The third kappa shape index (κ3) is 5.84. The van der Waals surface area contributed by atoms with Crippen LogP contribution in [0.25, 0.3) is 0 Å². The first-order valence-corrected chi connectivity index (χ1v) is 6.87. The molecule has 0 aliphatic carbocycles. The number of alkyl halides is 2. The van der Waals surface area contributed by atoms with Gasteiger partial charge in [0.2, 0.25) is 0 Å². The van der Waals surface area contributed by atoms with Crippen LogP contribution in [0.1, 0.15) is 24.9 Å². The lowest BCUT2D eigenvalue weighted by atomic mass is 10.0. The molecule has 19 heavy (non-hydrogen) atoms. The second-order valence-corrected chi connectivity index (χ2v) is 4.89. The molecule has 0 aromatic heterocycles. The van der Waals surface area contributed by atoms with Gasteiger partial charge in [0.1, 0.15) is 12.4 Å². The minimum absolute atomic E-state index is 0.198. The number of hydrogen-bond donors (Lipinski definition) is 1. The van der Waals surface area contributed by atoms with Gasteiger partial charge in [-0.25, -0.2) is 8.78 Å². The lowest BCUT2D eigenvalue weighted by Crippen LogP contribution is -2.16. The number of ether oxygens (including phenoxy) is 2. The quantitative estimate of drug-likeness (QED) is 0.738. The van der Waals surface area contributed by atoms with E-state index in [1.165, 1.54) is 0 Å². The average molecular weight is 338 g/mol. The maximum absolute atomic E-state index is 11.9. The van der Waals surface area contributed by atoms with Gasteiger partial charge in [0.05, 0.1) is 6.61 Å². The number of rotatable bonds is 8. The fourth-order valence-corrected chi connectivity index (χ4v) is 2.01. The van der Waals surface area contributed by atoms with Gasteiger partial charge in [0, 0.05) is 22.7 Å². The Labute approximate surface area is 120 Å². The maximum Gasteiger partial charge on any atom is 0.261 e. The first-order chi connectivity index (χ1) is 9.04. The molecule has 1 aromatic rings. The molecule has 0 saturated carbocycles. The standard InChI is InChI=1S/C13H18BrF2NO2/c1-2-19-12-4-3-9(14)7-10(12)11(17)5-6-18-8-13(15)16/h3-4,7,11,13H,2,5-6,8,17H2,1H3. The number of hydrogen-bond acceptors (Lipinski definition) is 3. The minimum Gasteiger partial charge on any atom is -0.494 e. The Bertz CT molecular complexity index is 391. The Morgan fingerprint density at radius 3 is 2.74 bits per heavy atom. The summed E-state index contributed by atoms with van der Waals surface area (Å²) in [5, 5.41) is 0. The molecule has 0 radical (unpaired) electrons. The van der Waals surface area contributed by atoms with Crippen molar-refractivity contribution >= 4 is 15.9 Å². The van der Waals surface area contributed by atoms with Crippen molar-refractivity contribution in [2.75, 3.05) is 19.8 Å². The minimum atomic E-state index is -2.44. The predicted molar refractivity (Wildman–Crippen MR) is 73.7 cm³/mol. The van der Waals surface area contributed by atoms with Gasteiger partial charge in [-0.1, -0.05) is 15.9 Å². The van der Waals surface area contributed by atoms with Crippen molar-refractivity contribution in [2.45, 2.75) is 25.8 Å². The molecular formula is C13H18BrF2NO2. The molecule has 6 heteroatoms. The molecule has 108 valence electrons. The third-order valence-electron chi connectivity index (χ3n) is 2.49. The summed E-state index contributed by atoms with van der Waals surface area (Å²) in [6.45, 7) is 2.08. The Kier molecular flexibility index (Phi) is 7.27. The summed E-state index contributed by atoms with van der Waals surface area (Å²) >= 11 is 3.38. The van der Waals surface area contributed by atoms with Gasteiger partial charge >= 0.3 is 0 Å². The summed E-state index contributed by atoms with van der Waals surface area (Å²) in [7, 11) is 0. The molecule has 0 fully saturated rings. The van der Waals surface area contributed by atoms with Crippen LogP contribution < -0.4 is 10.5 Å². The molecule has 0 aliphatic rings.